The van der Waals surface area contributed by atoms with Gasteiger partial charge in [-0.3, -0.25) is 4.79 Å². The quantitative estimate of drug-likeness (QED) is 0.368. The number of hydrogen-bond acceptors (Lipinski definition) is 3. The van der Waals surface area contributed by atoms with E-state index < -0.39 is 0 Å². The smallest absolute Gasteiger partial charge is 0.244 e. The molecule has 0 radical (unpaired) electrons. The lowest BCUT2D eigenvalue weighted by molar-refractivity contribution is -0.120. The number of hydrazone groups is 1. The van der Waals surface area contributed by atoms with Gasteiger partial charge in [-0.05, 0) is 49.2 Å². The molecule has 0 fully saturated rings. The number of carbonyl (C=O) groups is 1. The van der Waals surface area contributed by atoms with Crippen molar-refractivity contribution in [3.8, 4) is 5.75 Å². The summed E-state index contributed by atoms with van der Waals surface area (Å²) in [5.41, 5.74) is 7.40. The monoisotopic (exact) mass is 440 g/mol. The molecule has 0 heterocycles. The average molecular weight is 441 g/mol. The lowest BCUT2D eigenvalue weighted by Crippen LogP contribution is -2.20. The number of aryl methyl sites for hydroxylation is 2. The Balaban J connectivity index is 1.61. The molecule has 3 rings (SSSR count). The van der Waals surface area contributed by atoms with Crippen LogP contribution in [-0.4, -0.2) is 12.1 Å². The number of para-hydroxylation sites is 1. The van der Waals surface area contributed by atoms with Gasteiger partial charge in [-0.25, -0.2) is 5.43 Å². The lowest BCUT2D eigenvalue weighted by Gasteiger charge is -2.10. The Morgan fingerprint density at radius 2 is 1.80 bits per heavy atom. The molecule has 154 valence electrons. The maximum Gasteiger partial charge on any atom is 0.244 e. The van der Waals surface area contributed by atoms with Gasteiger partial charge in [0.2, 0.25) is 5.91 Å². The predicted octanol–water partition coefficient (Wildman–Crippen LogP) is 5.88. The van der Waals surface area contributed by atoms with Crippen LogP contribution in [0, 0.1) is 13.8 Å². The molecule has 0 spiro atoms. The highest BCUT2D eigenvalue weighted by Gasteiger charge is 2.07. The molecule has 0 aliphatic rings. The van der Waals surface area contributed by atoms with Crippen molar-refractivity contribution in [3.05, 3.63) is 98.5 Å². The second kappa shape index (κ2) is 10.3. The van der Waals surface area contributed by atoms with Crippen molar-refractivity contribution in [2.24, 2.45) is 5.10 Å². The van der Waals surface area contributed by atoms with E-state index in [0.29, 0.717) is 22.4 Å². The Labute approximate surface area is 186 Å². The van der Waals surface area contributed by atoms with Crippen molar-refractivity contribution in [1.82, 2.24) is 5.43 Å². The standard InChI is InChI=1S/C24H22Cl2N2O2/c1-16-7-8-18(17(2)11-16)12-24(29)28-27-14-19-5-3-4-6-23(19)30-15-20-9-10-21(25)13-22(20)26/h3-11,13-14H,12,15H2,1-2H3,(H,28,29)/b27-14+. The summed E-state index contributed by atoms with van der Waals surface area (Å²) in [7, 11) is 0. The summed E-state index contributed by atoms with van der Waals surface area (Å²) < 4.78 is 5.89. The number of amides is 1. The van der Waals surface area contributed by atoms with E-state index in [9.17, 15) is 4.79 Å². The zero-order valence-corrected chi connectivity index (χ0v) is 18.3. The van der Waals surface area contributed by atoms with Crippen LogP contribution in [0.25, 0.3) is 0 Å². The van der Waals surface area contributed by atoms with Crippen molar-refractivity contribution in [3.63, 3.8) is 0 Å². The van der Waals surface area contributed by atoms with Crippen LogP contribution in [0.2, 0.25) is 10.0 Å². The Morgan fingerprint density at radius 1 is 1.03 bits per heavy atom. The first-order valence-electron chi connectivity index (χ1n) is 9.46. The van der Waals surface area contributed by atoms with Crippen LogP contribution in [0.5, 0.6) is 5.75 Å². The van der Waals surface area contributed by atoms with E-state index >= 15 is 0 Å². The van der Waals surface area contributed by atoms with Gasteiger partial charge in [-0.1, -0.05) is 65.2 Å². The summed E-state index contributed by atoms with van der Waals surface area (Å²) in [6.45, 7) is 4.32. The predicted molar refractivity (Wildman–Crippen MR) is 123 cm³/mol. The molecular weight excluding hydrogens is 419 g/mol. The van der Waals surface area contributed by atoms with E-state index in [1.807, 2.05) is 56.3 Å². The highest BCUT2D eigenvalue weighted by molar-refractivity contribution is 6.35. The molecule has 0 aliphatic heterocycles. The number of rotatable bonds is 7. The minimum atomic E-state index is -0.176. The van der Waals surface area contributed by atoms with Gasteiger partial charge in [0.25, 0.3) is 0 Å². The third-order valence-corrected chi connectivity index (χ3v) is 5.15. The molecular formula is C24H22Cl2N2O2. The number of benzene rings is 3. The molecule has 0 aliphatic carbocycles. The van der Waals surface area contributed by atoms with Crippen LogP contribution < -0.4 is 10.2 Å². The van der Waals surface area contributed by atoms with Gasteiger partial charge in [0.05, 0.1) is 12.6 Å². The molecule has 0 atom stereocenters. The van der Waals surface area contributed by atoms with Gasteiger partial charge in [0, 0.05) is 21.2 Å². The fourth-order valence-corrected chi connectivity index (χ4v) is 3.41. The number of hydrogen-bond donors (Lipinski definition) is 1. The third-order valence-electron chi connectivity index (χ3n) is 4.56. The van der Waals surface area contributed by atoms with Gasteiger partial charge in [-0.2, -0.15) is 5.10 Å². The summed E-state index contributed by atoms with van der Waals surface area (Å²) in [4.78, 5) is 12.2. The van der Waals surface area contributed by atoms with E-state index in [0.717, 1.165) is 22.3 Å². The fourth-order valence-electron chi connectivity index (χ4n) is 2.94. The first-order valence-corrected chi connectivity index (χ1v) is 10.2. The Kier molecular flexibility index (Phi) is 7.50. The van der Waals surface area contributed by atoms with Gasteiger partial charge >= 0.3 is 0 Å². The topological polar surface area (TPSA) is 50.7 Å². The summed E-state index contributed by atoms with van der Waals surface area (Å²) in [6.07, 6.45) is 1.84. The van der Waals surface area contributed by atoms with E-state index in [2.05, 4.69) is 16.6 Å². The number of ether oxygens (including phenoxy) is 1. The molecule has 0 bridgehead atoms. The summed E-state index contributed by atoms with van der Waals surface area (Å²) in [6, 6.07) is 18.8. The van der Waals surface area contributed by atoms with Crippen molar-refractivity contribution >= 4 is 35.3 Å². The second-order valence-corrected chi connectivity index (χ2v) is 7.81. The van der Waals surface area contributed by atoms with Crippen molar-refractivity contribution in [2.75, 3.05) is 0 Å². The van der Waals surface area contributed by atoms with Gasteiger partial charge in [-0.15, -0.1) is 0 Å². The van der Waals surface area contributed by atoms with Crippen LogP contribution >= 0.6 is 23.2 Å². The summed E-state index contributed by atoms with van der Waals surface area (Å²) in [5, 5.41) is 5.21. The summed E-state index contributed by atoms with van der Waals surface area (Å²) >= 11 is 12.1. The molecule has 0 aromatic heterocycles. The SMILES string of the molecule is Cc1ccc(CC(=O)N/N=C/c2ccccc2OCc2ccc(Cl)cc2Cl)c(C)c1. The molecule has 0 saturated heterocycles. The first kappa shape index (κ1) is 21.9. The largest absolute Gasteiger partial charge is 0.488 e. The Hall–Kier alpha value is -2.82. The zero-order valence-electron chi connectivity index (χ0n) is 16.8. The van der Waals surface area contributed by atoms with E-state index in [-0.39, 0.29) is 12.3 Å². The van der Waals surface area contributed by atoms with Crippen molar-refractivity contribution in [1.29, 1.82) is 0 Å². The maximum atomic E-state index is 12.2. The Bertz CT molecular complexity index is 1080. The highest BCUT2D eigenvalue weighted by Crippen LogP contribution is 2.24. The van der Waals surface area contributed by atoms with Crippen LogP contribution in [0.4, 0.5) is 0 Å². The first-order chi connectivity index (χ1) is 14.4. The molecule has 3 aromatic rings. The molecule has 3 aromatic carbocycles. The van der Waals surface area contributed by atoms with E-state index in [4.69, 9.17) is 27.9 Å². The molecule has 0 unspecified atom stereocenters. The number of nitrogens with zero attached hydrogens (tertiary/aromatic N) is 1. The summed E-state index contributed by atoms with van der Waals surface area (Å²) in [5.74, 6) is 0.459. The highest BCUT2D eigenvalue weighted by atomic mass is 35.5. The molecule has 0 saturated carbocycles. The minimum absolute atomic E-state index is 0.176. The maximum absolute atomic E-state index is 12.2. The van der Waals surface area contributed by atoms with Crippen LogP contribution in [0.3, 0.4) is 0 Å². The van der Waals surface area contributed by atoms with E-state index in [1.165, 1.54) is 5.56 Å². The minimum Gasteiger partial charge on any atom is -0.488 e. The fraction of sp³-hybridized carbons (Fsp3) is 0.167. The van der Waals surface area contributed by atoms with Crippen LogP contribution in [0.1, 0.15) is 27.8 Å². The van der Waals surface area contributed by atoms with Crippen LogP contribution in [0.15, 0.2) is 65.8 Å². The van der Waals surface area contributed by atoms with Gasteiger partial charge in [0.15, 0.2) is 0 Å². The molecule has 1 N–H and O–H groups in total. The lowest BCUT2D eigenvalue weighted by atomic mass is 10.0. The van der Waals surface area contributed by atoms with Gasteiger partial charge in [0.1, 0.15) is 12.4 Å². The van der Waals surface area contributed by atoms with Crippen LogP contribution in [-0.2, 0) is 17.8 Å². The molecule has 4 nitrogen and oxygen atoms in total. The second-order valence-electron chi connectivity index (χ2n) is 6.96. The normalized spacial score (nSPS) is 10.9. The number of halogens is 2. The number of nitrogens with one attached hydrogen (secondary N) is 1. The van der Waals surface area contributed by atoms with Crippen molar-refractivity contribution in [2.45, 2.75) is 26.9 Å². The van der Waals surface area contributed by atoms with Gasteiger partial charge < -0.3 is 4.74 Å². The average Bonchev–Trinajstić information content (AvgIpc) is 2.70. The Morgan fingerprint density at radius 3 is 2.57 bits per heavy atom. The van der Waals surface area contributed by atoms with E-state index in [1.54, 1.807) is 18.3 Å². The molecule has 1 amide bonds. The molecule has 30 heavy (non-hydrogen) atoms. The molecule has 6 heteroatoms. The zero-order chi connectivity index (χ0) is 21.5. The number of carbonyl (C=O) groups excluding carboxylic acids is 1. The third kappa shape index (κ3) is 6.09. The van der Waals surface area contributed by atoms with Crippen molar-refractivity contribution < 1.29 is 9.53 Å².